The van der Waals surface area contributed by atoms with Crippen molar-refractivity contribution >= 4 is 17.3 Å². The Hall–Kier alpha value is -3.41. The Morgan fingerprint density at radius 1 is 1.07 bits per heavy atom. The van der Waals surface area contributed by atoms with E-state index in [1.165, 1.54) is 12.1 Å². The van der Waals surface area contributed by atoms with Gasteiger partial charge in [-0.2, -0.15) is 0 Å². The lowest BCUT2D eigenvalue weighted by molar-refractivity contribution is -0.120. The monoisotopic (exact) mass is 405 g/mol. The van der Waals surface area contributed by atoms with Crippen LogP contribution in [0.2, 0.25) is 0 Å². The van der Waals surface area contributed by atoms with Crippen LogP contribution in [0.3, 0.4) is 0 Å². The Morgan fingerprint density at radius 3 is 2.60 bits per heavy atom. The van der Waals surface area contributed by atoms with Crippen molar-refractivity contribution in [2.75, 3.05) is 23.3 Å². The summed E-state index contributed by atoms with van der Waals surface area (Å²) in [6.45, 7) is 2.00. The van der Waals surface area contributed by atoms with Crippen molar-refractivity contribution in [3.63, 3.8) is 0 Å². The molecule has 0 radical (unpaired) electrons. The molecule has 30 heavy (non-hydrogen) atoms. The first-order valence-electron chi connectivity index (χ1n) is 10.1. The fourth-order valence-electron chi connectivity index (χ4n) is 3.66. The minimum absolute atomic E-state index is 0.00436. The molecule has 2 aromatic carbocycles. The molecule has 0 atom stereocenters. The first kappa shape index (κ1) is 19.9. The molecule has 1 amide bonds. The first-order chi connectivity index (χ1) is 14.7. The molecular formula is C24H24FN3O2. The van der Waals surface area contributed by atoms with E-state index >= 15 is 0 Å². The second kappa shape index (κ2) is 9.39. The first-order valence-corrected chi connectivity index (χ1v) is 10.1. The number of halogens is 1. The zero-order valence-corrected chi connectivity index (χ0v) is 16.6. The predicted octanol–water partition coefficient (Wildman–Crippen LogP) is 4.65. The van der Waals surface area contributed by atoms with Gasteiger partial charge in [0.25, 0.3) is 0 Å². The Balaban J connectivity index is 1.30. The summed E-state index contributed by atoms with van der Waals surface area (Å²) in [6.07, 6.45) is 5.21. The van der Waals surface area contributed by atoms with Crippen molar-refractivity contribution in [2.45, 2.75) is 19.4 Å². The van der Waals surface area contributed by atoms with Gasteiger partial charge in [-0.25, -0.2) is 4.39 Å². The van der Waals surface area contributed by atoms with Gasteiger partial charge >= 0.3 is 0 Å². The van der Waals surface area contributed by atoms with E-state index in [1.54, 1.807) is 24.5 Å². The Morgan fingerprint density at radius 2 is 1.83 bits per heavy atom. The number of benzene rings is 2. The molecule has 5 nitrogen and oxygen atoms in total. The molecule has 6 heteroatoms. The fourth-order valence-corrected chi connectivity index (χ4v) is 3.66. The molecule has 1 aromatic heterocycles. The predicted molar refractivity (Wildman–Crippen MR) is 115 cm³/mol. The molecule has 154 valence electrons. The zero-order chi connectivity index (χ0) is 20.8. The molecule has 4 rings (SSSR count). The van der Waals surface area contributed by atoms with Gasteiger partial charge in [-0.3, -0.25) is 9.78 Å². The van der Waals surface area contributed by atoms with E-state index in [0.717, 1.165) is 42.9 Å². The van der Waals surface area contributed by atoms with Crippen LogP contribution in [-0.4, -0.2) is 24.0 Å². The summed E-state index contributed by atoms with van der Waals surface area (Å²) in [4.78, 5) is 19.1. The summed E-state index contributed by atoms with van der Waals surface area (Å²) >= 11 is 0. The number of hydrogen-bond acceptors (Lipinski definition) is 4. The normalized spacial score (nSPS) is 14.4. The molecule has 1 N–H and O–H groups in total. The fraction of sp³-hybridized carbons (Fsp3) is 0.250. The lowest BCUT2D eigenvalue weighted by Gasteiger charge is -2.32. The number of anilines is 2. The van der Waals surface area contributed by atoms with Crippen molar-refractivity contribution < 1.29 is 13.9 Å². The second-order valence-electron chi connectivity index (χ2n) is 7.40. The van der Waals surface area contributed by atoms with Crippen LogP contribution in [0, 0.1) is 11.7 Å². The third-order valence-corrected chi connectivity index (χ3v) is 5.29. The highest BCUT2D eigenvalue weighted by atomic mass is 19.1. The molecule has 2 heterocycles. The third kappa shape index (κ3) is 5.14. The zero-order valence-electron chi connectivity index (χ0n) is 16.6. The van der Waals surface area contributed by atoms with E-state index in [0.29, 0.717) is 12.4 Å². The highest BCUT2D eigenvalue weighted by molar-refractivity contribution is 5.92. The summed E-state index contributed by atoms with van der Waals surface area (Å²) in [5.41, 5.74) is 2.80. The maximum atomic E-state index is 13.3. The van der Waals surface area contributed by atoms with Gasteiger partial charge in [-0.1, -0.05) is 18.2 Å². The highest BCUT2D eigenvalue weighted by Crippen LogP contribution is 2.24. The van der Waals surface area contributed by atoms with Crippen LogP contribution in [0.15, 0.2) is 73.1 Å². The van der Waals surface area contributed by atoms with Crippen molar-refractivity contribution in [1.29, 1.82) is 0 Å². The Kier molecular flexibility index (Phi) is 6.23. The minimum atomic E-state index is -0.330. The number of carbonyl (C=O) groups is 1. The molecule has 0 spiro atoms. The lowest BCUT2D eigenvalue weighted by atomic mass is 9.95. The van der Waals surface area contributed by atoms with Crippen LogP contribution in [0.5, 0.6) is 5.75 Å². The summed E-state index contributed by atoms with van der Waals surface area (Å²) in [5, 5.41) is 3.03. The number of nitrogens with one attached hydrogen (secondary N) is 1. The number of rotatable bonds is 6. The number of piperidine rings is 1. The van der Waals surface area contributed by atoms with Gasteiger partial charge in [0.15, 0.2) is 0 Å². The maximum Gasteiger partial charge on any atom is 0.227 e. The maximum absolute atomic E-state index is 13.3. The molecule has 1 fully saturated rings. The van der Waals surface area contributed by atoms with Gasteiger partial charge in [-0.15, -0.1) is 0 Å². The van der Waals surface area contributed by atoms with Gasteiger partial charge in [0.1, 0.15) is 18.2 Å². The van der Waals surface area contributed by atoms with Crippen LogP contribution in [0.4, 0.5) is 15.8 Å². The summed E-state index contributed by atoms with van der Waals surface area (Å²) < 4.78 is 18.9. The molecule has 0 aliphatic carbocycles. The number of amides is 1. The molecule has 1 aliphatic heterocycles. The van der Waals surface area contributed by atoms with Gasteiger partial charge in [-0.05, 0) is 54.8 Å². The minimum Gasteiger partial charge on any atom is -0.489 e. The number of nitrogens with zero attached hydrogens (tertiary/aromatic N) is 2. The van der Waals surface area contributed by atoms with Crippen LogP contribution in [-0.2, 0) is 11.4 Å². The quantitative estimate of drug-likeness (QED) is 0.648. The lowest BCUT2D eigenvalue weighted by Crippen LogP contribution is -2.38. The average molecular weight is 405 g/mol. The van der Waals surface area contributed by atoms with Crippen LogP contribution in [0.25, 0.3) is 0 Å². The molecule has 0 saturated carbocycles. The largest absolute Gasteiger partial charge is 0.489 e. The standard InChI is InChI=1S/C24H24FN3O2/c25-20-4-2-6-23(16-20)30-17-18-3-1-5-21(15-18)27-24(29)19-9-13-28(14-10-19)22-7-11-26-12-8-22/h1-8,11-12,15-16,19H,9-10,13-14,17H2,(H,27,29). The van der Waals surface area contributed by atoms with E-state index < -0.39 is 0 Å². The van der Waals surface area contributed by atoms with Crippen molar-refractivity contribution in [1.82, 2.24) is 4.98 Å². The summed E-state index contributed by atoms with van der Waals surface area (Å²) in [5.74, 6) is 0.191. The molecule has 0 bridgehead atoms. The van der Waals surface area contributed by atoms with E-state index in [9.17, 15) is 9.18 Å². The smallest absolute Gasteiger partial charge is 0.227 e. The van der Waals surface area contributed by atoms with Gasteiger partial charge < -0.3 is 15.0 Å². The third-order valence-electron chi connectivity index (χ3n) is 5.29. The van der Waals surface area contributed by atoms with Crippen LogP contribution < -0.4 is 15.0 Å². The van der Waals surface area contributed by atoms with Crippen LogP contribution in [0.1, 0.15) is 18.4 Å². The number of carbonyl (C=O) groups excluding carboxylic acids is 1. The number of ether oxygens (including phenoxy) is 1. The second-order valence-corrected chi connectivity index (χ2v) is 7.40. The SMILES string of the molecule is O=C(Nc1cccc(COc2cccc(F)c2)c1)C1CCN(c2ccncc2)CC1. The average Bonchev–Trinajstić information content (AvgIpc) is 2.79. The summed E-state index contributed by atoms with van der Waals surface area (Å²) in [7, 11) is 0. The van der Waals surface area contributed by atoms with Crippen molar-refractivity contribution in [3.05, 3.63) is 84.4 Å². The van der Waals surface area contributed by atoms with E-state index in [-0.39, 0.29) is 17.6 Å². The molecule has 3 aromatic rings. The molecule has 0 unspecified atom stereocenters. The Labute approximate surface area is 175 Å². The van der Waals surface area contributed by atoms with Gasteiger partial charge in [0, 0.05) is 48.8 Å². The van der Waals surface area contributed by atoms with Crippen LogP contribution >= 0.6 is 0 Å². The van der Waals surface area contributed by atoms with E-state index in [1.807, 2.05) is 36.4 Å². The number of hydrogen-bond donors (Lipinski definition) is 1. The van der Waals surface area contributed by atoms with Crippen molar-refractivity contribution in [3.8, 4) is 5.75 Å². The van der Waals surface area contributed by atoms with Crippen molar-refractivity contribution in [2.24, 2.45) is 5.92 Å². The van der Waals surface area contributed by atoms with E-state index in [4.69, 9.17) is 4.74 Å². The Bertz CT molecular complexity index is 989. The topological polar surface area (TPSA) is 54.5 Å². The van der Waals surface area contributed by atoms with E-state index in [2.05, 4.69) is 15.2 Å². The molecule has 1 saturated heterocycles. The molecule has 1 aliphatic rings. The highest BCUT2D eigenvalue weighted by Gasteiger charge is 2.25. The van der Waals surface area contributed by atoms with Gasteiger partial charge in [0.2, 0.25) is 5.91 Å². The molecular weight excluding hydrogens is 381 g/mol. The summed E-state index contributed by atoms with van der Waals surface area (Å²) in [6, 6.07) is 17.6. The number of pyridine rings is 1. The van der Waals surface area contributed by atoms with Gasteiger partial charge in [0.05, 0.1) is 0 Å². The number of aromatic nitrogens is 1.